The Morgan fingerprint density at radius 2 is 2.04 bits per heavy atom. The second-order valence-corrected chi connectivity index (χ2v) is 6.87. The lowest BCUT2D eigenvalue weighted by molar-refractivity contribution is 0.0959. The van der Waals surface area contributed by atoms with E-state index in [1.807, 2.05) is 29.6 Å². The topological polar surface area (TPSA) is 59.9 Å². The smallest absolute Gasteiger partial charge is 0.281 e. The highest BCUT2D eigenvalue weighted by molar-refractivity contribution is 7.12. The molecule has 0 radical (unpaired) electrons. The number of thiophene rings is 1. The minimum atomic E-state index is -0.235. The molecule has 1 amide bonds. The molecule has 0 bridgehead atoms. The zero-order valence-corrected chi connectivity index (χ0v) is 16.1. The average molecular weight is 401 g/mol. The van der Waals surface area contributed by atoms with Crippen molar-refractivity contribution < 1.29 is 14.3 Å². The van der Waals surface area contributed by atoms with Crippen LogP contribution in [0.4, 0.5) is 0 Å². The molecule has 1 aromatic heterocycles. The molecule has 0 spiro atoms. The monoisotopic (exact) mass is 400 g/mol. The lowest BCUT2D eigenvalue weighted by atomic mass is 10.1. The molecule has 0 saturated heterocycles. The third kappa shape index (κ3) is 5.32. The summed E-state index contributed by atoms with van der Waals surface area (Å²) in [6.45, 7) is 0.327. The molecule has 0 aliphatic heterocycles. The van der Waals surface area contributed by atoms with E-state index in [1.165, 1.54) is 11.3 Å². The van der Waals surface area contributed by atoms with Crippen LogP contribution in [0.1, 0.15) is 20.8 Å². The summed E-state index contributed by atoms with van der Waals surface area (Å²) in [5.74, 6) is 1.19. The molecule has 0 fully saturated rings. The van der Waals surface area contributed by atoms with Gasteiger partial charge in [0.1, 0.15) is 18.1 Å². The third-order valence-electron chi connectivity index (χ3n) is 3.64. The van der Waals surface area contributed by atoms with Crippen LogP contribution in [0.15, 0.2) is 65.1 Å². The van der Waals surface area contributed by atoms with Crippen LogP contribution >= 0.6 is 22.9 Å². The van der Waals surface area contributed by atoms with Crippen LogP contribution in [-0.4, -0.2) is 19.2 Å². The number of carbonyl (C=O) groups excluding carboxylic acids is 1. The molecule has 0 unspecified atom stereocenters. The van der Waals surface area contributed by atoms with Crippen molar-refractivity contribution in [1.82, 2.24) is 5.43 Å². The molecular formula is C20H17ClN2O3S. The first kappa shape index (κ1) is 18.9. The number of nitrogens with one attached hydrogen (secondary N) is 1. The summed E-state index contributed by atoms with van der Waals surface area (Å²) >= 11 is 7.24. The molecule has 1 N–H and O–H groups in total. The number of carbonyl (C=O) groups is 1. The highest BCUT2D eigenvalue weighted by Gasteiger charge is 2.06. The molecule has 0 aliphatic carbocycles. The van der Waals surface area contributed by atoms with E-state index in [0.29, 0.717) is 28.0 Å². The van der Waals surface area contributed by atoms with Crippen molar-refractivity contribution in [2.24, 2.45) is 5.10 Å². The Hall–Kier alpha value is -2.83. The summed E-state index contributed by atoms with van der Waals surface area (Å²) in [4.78, 5) is 12.5. The summed E-state index contributed by atoms with van der Waals surface area (Å²) in [5, 5.41) is 6.51. The molecule has 0 saturated carbocycles. The molecule has 0 atom stereocenters. The first-order valence-electron chi connectivity index (χ1n) is 8.08. The van der Waals surface area contributed by atoms with Gasteiger partial charge < -0.3 is 9.47 Å². The van der Waals surface area contributed by atoms with E-state index < -0.39 is 0 Å². The first-order valence-corrected chi connectivity index (χ1v) is 9.33. The number of hydrazone groups is 1. The van der Waals surface area contributed by atoms with Gasteiger partial charge in [-0.1, -0.05) is 17.7 Å². The van der Waals surface area contributed by atoms with Crippen molar-refractivity contribution in [2.45, 2.75) is 6.61 Å². The average Bonchev–Trinajstić information content (AvgIpc) is 3.22. The molecule has 1 heterocycles. The predicted molar refractivity (Wildman–Crippen MR) is 108 cm³/mol. The highest BCUT2D eigenvalue weighted by Crippen LogP contribution is 2.22. The van der Waals surface area contributed by atoms with Crippen molar-refractivity contribution in [1.29, 1.82) is 0 Å². The summed E-state index contributed by atoms with van der Waals surface area (Å²) in [6, 6.07) is 16.3. The molecule has 27 heavy (non-hydrogen) atoms. The SMILES string of the molecule is COc1ccc(/C=N/NC(=O)c2cccs2)cc1COc1ccc(Cl)cc1. The van der Waals surface area contributed by atoms with E-state index >= 15 is 0 Å². The fourth-order valence-corrected chi connectivity index (χ4v) is 3.05. The van der Waals surface area contributed by atoms with Crippen molar-refractivity contribution in [3.63, 3.8) is 0 Å². The Morgan fingerprint density at radius 1 is 1.22 bits per heavy atom. The number of methoxy groups -OCH3 is 1. The van der Waals surface area contributed by atoms with Gasteiger partial charge in [-0.2, -0.15) is 5.10 Å². The Morgan fingerprint density at radius 3 is 2.74 bits per heavy atom. The van der Waals surface area contributed by atoms with Gasteiger partial charge in [0.25, 0.3) is 5.91 Å². The zero-order chi connectivity index (χ0) is 19.1. The van der Waals surface area contributed by atoms with E-state index in [-0.39, 0.29) is 5.91 Å². The molecule has 0 aliphatic rings. The number of halogens is 1. The molecule has 3 rings (SSSR count). The third-order valence-corrected chi connectivity index (χ3v) is 4.76. The molecule has 3 aromatic rings. The van der Waals surface area contributed by atoms with E-state index in [4.69, 9.17) is 21.1 Å². The highest BCUT2D eigenvalue weighted by atomic mass is 35.5. The number of nitrogens with zero attached hydrogens (tertiary/aromatic N) is 1. The lowest BCUT2D eigenvalue weighted by Gasteiger charge is -2.11. The van der Waals surface area contributed by atoms with Crippen molar-refractivity contribution in [2.75, 3.05) is 7.11 Å². The van der Waals surface area contributed by atoms with Crippen LogP contribution in [0, 0.1) is 0 Å². The van der Waals surface area contributed by atoms with E-state index in [9.17, 15) is 4.79 Å². The molecule has 2 aromatic carbocycles. The molecule has 5 nitrogen and oxygen atoms in total. The van der Waals surface area contributed by atoms with E-state index in [2.05, 4.69) is 10.5 Å². The second-order valence-electron chi connectivity index (χ2n) is 5.49. The van der Waals surface area contributed by atoms with Crippen LogP contribution in [0.3, 0.4) is 0 Å². The minimum Gasteiger partial charge on any atom is -0.496 e. The largest absolute Gasteiger partial charge is 0.496 e. The van der Waals surface area contributed by atoms with Crippen LogP contribution in [-0.2, 0) is 6.61 Å². The van der Waals surface area contributed by atoms with Crippen LogP contribution in [0.5, 0.6) is 11.5 Å². The fraction of sp³-hybridized carbons (Fsp3) is 0.100. The van der Waals surface area contributed by atoms with Gasteiger partial charge in [-0.3, -0.25) is 4.79 Å². The van der Waals surface area contributed by atoms with Crippen LogP contribution < -0.4 is 14.9 Å². The summed E-state index contributed by atoms with van der Waals surface area (Å²) < 4.78 is 11.2. The molecular weight excluding hydrogens is 384 g/mol. The van der Waals surface area contributed by atoms with Crippen LogP contribution in [0.2, 0.25) is 5.02 Å². The van der Waals surface area contributed by atoms with E-state index in [1.54, 1.807) is 43.7 Å². The van der Waals surface area contributed by atoms with Crippen molar-refractivity contribution >= 4 is 35.1 Å². The minimum absolute atomic E-state index is 0.235. The summed E-state index contributed by atoms with van der Waals surface area (Å²) in [5.41, 5.74) is 4.19. The molecule has 7 heteroatoms. The number of rotatable bonds is 7. The number of hydrogen-bond acceptors (Lipinski definition) is 5. The predicted octanol–water partition coefficient (Wildman–Crippen LogP) is 4.75. The second kappa shape index (κ2) is 9.21. The van der Waals surface area contributed by atoms with Gasteiger partial charge in [-0.25, -0.2) is 5.43 Å². The number of ether oxygens (including phenoxy) is 2. The Bertz CT molecular complexity index is 925. The maximum atomic E-state index is 11.9. The Kier molecular flexibility index (Phi) is 6.46. The van der Waals surface area contributed by atoms with Gasteiger partial charge in [-0.15, -0.1) is 11.3 Å². The first-order chi connectivity index (χ1) is 13.2. The summed E-state index contributed by atoms with van der Waals surface area (Å²) in [6.07, 6.45) is 1.58. The zero-order valence-electron chi connectivity index (χ0n) is 14.5. The van der Waals surface area contributed by atoms with Gasteiger partial charge in [0, 0.05) is 10.6 Å². The maximum Gasteiger partial charge on any atom is 0.281 e. The quantitative estimate of drug-likeness (QED) is 0.459. The van der Waals surface area contributed by atoms with Crippen molar-refractivity contribution in [3.8, 4) is 11.5 Å². The standard InChI is InChI=1S/C20H17ClN2O3S/c1-25-18-9-4-14(12-22-23-20(24)19-3-2-10-27-19)11-15(18)13-26-17-7-5-16(21)6-8-17/h2-12H,13H2,1H3,(H,23,24)/b22-12+. The summed E-state index contributed by atoms with van der Waals surface area (Å²) in [7, 11) is 1.61. The number of benzene rings is 2. The van der Waals surface area contributed by atoms with Gasteiger partial charge in [-0.05, 0) is 59.5 Å². The normalized spacial score (nSPS) is 10.7. The van der Waals surface area contributed by atoms with Gasteiger partial charge >= 0.3 is 0 Å². The van der Waals surface area contributed by atoms with Crippen molar-refractivity contribution in [3.05, 3.63) is 81.0 Å². The van der Waals surface area contributed by atoms with Gasteiger partial charge in [0.15, 0.2) is 0 Å². The Labute approximate surface area is 166 Å². The lowest BCUT2D eigenvalue weighted by Crippen LogP contribution is -2.16. The maximum absolute atomic E-state index is 11.9. The van der Waals surface area contributed by atoms with E-state index in [0.717, 1.165) is 11.1 Å². The number of amides is 1. The molecule has 138 valence electrons. The Balaban J connectivity index is 1.66. The van der Waals surface area contributed by atoms with Gasteiger partial charge in [0.05, 0.1) is 18.2 Å². The fourth-order valence-electron chi connectivity index (χ4n) is 2.31. The van der Waals surface area contributed by atoms with Crippen LogP contribution in [0.25, 0.3) is 0 Å². The number of hydrogen-bond donors (Lipinski definition) is 1. The van der Waals surface area contributed by atoms with Gasteiger partial charge in [0.2, 0.25) is 0 Å².